The van der Waals surface area contributed by atoms with Gasteiger partial charge in [-0.1, -0.05) is 29.3 Å². The summed E-state index contributed by atoms with van der Waals surface area (Å²) in [6.07, 6.45) is 1.63. The first-order valence-electron chi connectivity index (χ1n) is 6.21. The van der Waals surface area contributed by atoms with Gasteiger partial charge in [-0.05, 0) is 25.0 Å². The van der Waals surface area contributed by atoms with E-state index in [-0.39, 0.29) is 5.69 Å². The van der Waals surface area contributed by atoms with Crippen LogP contribution >= 0.6 is 15.9 Å². The Labute approximate surface area is 121 Å². The molecular weight excluding hydrogens is 312 g/mol. The zero-order chi connectivity index (χ0) is 14.5. The number of nitro groups is 1. The van der Waals surface area contributed by atoms with E-state index in [9.17, 15) is 15.2 Å². The molecule has 1 unspecified atom stereocenters. The van der Waals surface area contributed by atoms with Crippen molar-refractivity contribution in [2.75, 3.05) is 6.54 Å². The zero-order valence-corrected chi connectivity index (χ0v) is 12.7. The molecule has 106 valence electrons. The van der Waals surface area contributed by atoms with Crippen LogP contribution < -0.4 is 5.32 Å². The number of hydrogen-bond acceptors (Lipinski definition) is 4. The standard InChI is InChI=1S/C13H19BrN2O3/c1-3-4-13(2,17)9-15-8-10-5-11(14)7-12(6-10)16(18)19/h5-7,15,17H,3-4,8-9H2,1-2H3. The van der Waals surface area contributed by atoms with Gasteiger partial charge in [-0.2, -0.15) is 0 Å². The molecule has 1 aromatic rings. The topological polar surface area (TPSA) is 75.4 Å². The van der Waals surface area contributed by atoms with Crippen molar-refractivity contribution in [3.8, 4) is 0 Å². The molecule has 6 heteroatoms. The van der Waals surface area contributed by atoms with E-state index >= 15 is 0 Å². The first-order chi connectivity index (χ1) is 8.84. The Morgan fingerprint density at radius 1 is 1.47 bits per heavy atom. The Morgan fingerprint density at radius 2 is 2.16 bits per heavy atom. The van der Waals surface area contributed by atoms with Crippen LogP contribution in [-0.4, -0.2) is 22.2 Å². The van der Waals surface area contributed by atoms with E-state index in [1.165, 1.54) is 12.1 Å². The zero-order valence-electron chi connectivity index (χ0n) is 11.1. The minimum atomic E-state index is -0.743. The highest BCUT2D eigenvalue weighted by atomic mass is 79.9. The SMILES string of the molecule is CCCC(C)(O)CNCc1cc(Br)cc([N+](=O)[O-])c1. The minimum absolute atomic E-state index is 0.0616. The largest absolute Gasteiger partial charge is 0.389 e. The Balaban J connectivity index is 2.61. The average molecular weight is 331 g/mol. The molecule has 19 heavy (non-hydrogen) atoms. The molecule has 0 radical (unpaired) electrons. The third-order valence-electron chi connectivity index (χ3n) is 2.78. The fourth-order valence-electron chi connectivity index (χ4n) is 1.94. The minimum Gasteiger partial charge on any atom is -0.389 e. The molecule has 0 saturated heterocycles. The maximum absolute atomic E-state index is 10.7. The number of rotatable bonds is 7. The number of aliphatic hydroxyl groups is 1. The summed E-state index contributed by atoms with van der Waals surface area (Å²) in [4.78, 5) is 10.3. The van der Waals surface area contributed by atoms with Crippen molar-refractivity contribution < 1.29 is 10.0 Å². The lowest BCUT2D eigenvalue weighted by Gasteiger charge is -2.23. The lowest BCUT2D eigenvalue weighted by atomic mass is 10.0. The van der Waals surface area contributed by atoms with Gasteiger partial charge in [0.2, 0.25) is 0 Å². The van der Waals surface area contributed by atoms with Gasteiger partial charge < -0.3 is 10.4 Å². The summed E-state index contributed by atoms with van der Waals surface area (Å²) in [5.74, 6) is 0. The van der Waals surface area contributed by atoms with E-state index < -0.39 is 10.5 Å². The molecule has 0 bridgehead atoms. The van der Waals surface area contributed by atoms with Crippen LogP contribution in [0, 0.1) is 10.1 Å². The Morgan fingerprint density at radius 3 is 2.74 bits per heavy atom. The van der Waals surface area contributed by atoms with Gasteiger partial charge in [-0.3, -0.25) is 10.1 Å². The van der Waals surface area contributed by atoms with Crippen LogP contribution in [0.4, 0.5) is 5.69 Å². The maximum Gasteiger partial charge on any atom is 0.270 e. The van der Waals surface area contributed by atoms with Crippen molar-refractivity contribution in [2.24, 2.45) is 0 Å². The first-order valence-corrected chi connectivity index (χ1v) is 7.00. The molecule has 0 fully saturated rings. The van der Waals surface area contributed by atoms with Crippen molar-refractivity contribution in [3.05, 3.63) is 38.3 Å². The highest BCUT2D eigenvalue weighted by Gasteiger charge is 2.18. The number of nitrogens with zero attached hydrogens (tertiary/aromatic N) is 1. The number of nitrogens with one attached hydrogen (secondary N) is 1. The highest BCUT2D eigenvalue weighted by molar-refractivity contribution is 9.10. The van der Waals surface area contributed by atoms with E-state index in [1.54, 1.807) is 6.92 Å². The third kappa shape index (κ3) is 5.67. The summed E-state index contributed by atoms with van der Waals surface area (Å²) < 4.78 is 0.679. The molecule has 0 aromatic heterocycles. The lowest BCUT2D eigenvalue weighted by molar-refractivity contribution is -0.385. The van der Waals surface area contributed by atoms with E-state index in [0.717, 1.165) is 18.4 Å². The smallest absolute Gasteiger partial charge is 0.270 e. The van der Waals surface area contributed by atoms with Gasteiger partial charge in [0.05, 0.1) is 10.5 Å². The molecule has 0 heterocycles. The number of hydrogen-bond donors (Lipinski definition) is 2. The number of benzene rings is 1. The van der Waals surface area contributed by atoms with Crippen LogP contribution in [0.2, 0.25) is 0 Å². The van der Waals surface area contributed by atoms with E-state index in [2.05, 4.69) is 21.2 Å². The van der Waals surface area contributed by atoms with Crippen molar-refractivity contribution in [2.45, 2.75) is 38.8 Å². The molecule has 5 nitrogen and oxygen atoms in total. The fourth-order valence-corrected chi connectivity index (χ4v) is 2.47. The number of nitro benzene ring substituents is 1. The Hall–Kier alpha value is -0.980. The van der Waals surface area contributed by atoms with Gasteiger partial charge in [0.1, 0.15) is 0 Å². The summed E-state index contributed by atoms with van der Waals surface area (Å²) in [6, 6.07) is 4.83. The molecule has 0 saturated carbocycles. The molecule has 0 aliphatic carbocycles. The van der Waals surface area contributed by atoms with Crippen molar-refractivity contribution in [1.29, 1.82) is 0 Å². The van der Waals surface area contributed by atoms with Crippen LogP contribution in [0.1, 0.15) is 32.3 Å². The highest BCUT2D eigenvalue weighted by Crippen LogP contribution is 2.21. The predicted octanol–water partition coefficient (Wildman–Crippen LogP) is 3.00. The van der Waals surface area contributed by atoms with E-state index in [1.807, 2.05) is 13.0 Å². The molecule has 0 spiro atoms. The first kappa shape index (κ1) is 16.1. The second kappa shape index (κ2) is 6.98. The van der Waals surface area contributed by atoms with Gasteiger partial charge in [0.25, 0.3) is 5.69 Å². The summed E-state index contributed by atoms with van der Waals surface area (Å²) >= 11 is 3.26. The van der Waals surface area contributed by atoms with Crippen LogP contribution in [0.25, 0.3) is 0 Å². The molecule has 1 rings (SSSR count). The monoisotopic (exact) mass is 330 g/mol. The van der Waals surface area contributed by atoms with Crippen molar-refractivity contribution in [1.82, 2.24) is 5.32 Å². The lowest BCUT2D eigenvalue weighted by Crippen LogP contribution is -2.37. The summed E-state index contributed by atoms with van der Waals surface area (Å²) in [5, 5.41) is 23.9. The Kier molecular flexibility index (Phi) is 5.90. The van der Waals surface area contributed by atoms with Gasteiger partial charge in [-0.25, -0.2) is 0 Å². The number of halogens is 1. The molecule has 0 aliphatic rings. The average Bonchev–Trinajstić information content (AvgIpc) is 2.27. The van der Waals surface area contributed by atoms with Crippen molar-refractivity contribution >= 4 is 21.6 Å². The van der Waals surface area contributed by atoms with E-state index in [0.29, 0.717) is 17.6 Å². The van der Waals surface area contributed by atoms with Crippen molar-refractivity contribution in [3.63, 3.8) is 0 Å². The second-order valence-corrected chi connectivity index (χ2v) is 5.84. The number of non-ortho nitro benzene ring substituents is 1. The summed E-state index contributed by atoms with van der Waals surface area (Å²) in [5.41, 5.74) is 0.132. The van der Waals surface area contributed by atoms with Crippen LogP contribution in [0.5, 0.6) is 0 Å². The fraction of sp³-hybridized carbons (Fsp3) is 0.538. The molecule has 2 N–H and O–H groups in total. The molecule has 0 amide bonds. The molecule has 0 aliphatic heterocycles. The Bertz CT molecular complexity index is 450. The van der Waals surface area contributed by atoms with Gasteiger partial charge in [0.15, 0.2) is 0 Å². The quantitative estimate of drug-likeness (QED) is 0.595. The summed E-state index contributed by atoms with van der Waals surface area (Å²) in [6.45, 7) is 4.75. The normalized spacial score (nSPS) is 14.1. The molecular formula is C13H19BrN2O3. The van der Waals surface area contributed by atoms with Crippen LogP contribution in [0.3, 0.4) is 0 Å². The maximum atomic E-state index is 10.7. The van der Waals surface area contributed by atoms with Gasteiger partial charge in [0, 0.05) is 29.7 Å². The second-order valence-electron chi connectivity index (χ2n) is 4.93. The molecule has 1 aromatic carbocycles. The van der Waals surface area contributed by atoms with E-state index in [4.69, 9.17) is 0 Å². The third-order valence-corrected chi connectivity index (χ3v) is 3.23. The summed E-state index contributed by atoms with van der Waals surface area (Å²) in [7, 11) is 0. The van der Waals surface area contributed by atoms with Crippen LogP contribution in [0.15, 0.2) is 22.7 Å². The predicted molar refractivity (Wildman–Crippen MR) is 78.0 cm³/mol. The van der Waals surface area contributed by atoms with Gasteiger partial charge >= 0.3 is 0 Å². The van der Waals surface area contributed by atoms with Crippen LogP contribution in [-0.2, 0) is 6.54 Å². The molecule has 1 atom stereocenters. The van der Waals surface area contributed by atoms with Gasteiger partial charge in [-0.15, -0.1) is 0 Å².